The van der Waals surface area contributed by atoms with Gasteiger partial charge in [-0.2, -0.15) is 0 Å². The number of anilines is 1. The van der Waals surface area contributed by atoms with E-state index < -0.39 is 0 Å². The first-order valence-corrected chi connectivity index (χ1v) is 8.53. The lowest BCUT2D eigenvalue weighted by Gasteiger charge is -2.08. The molecule has 118 valence electrons. The van der Waals surface area contributed by atoms with E-state index >= 15 is 0 Å². The number of halogens is 1. The molecule has 0 aliphatic heterocycles. The molecule has 5 nitrogen and oxygen atoms in total. The van der Waals surface area contributed by atoms with Crippen molar-refractivity contribution in [2.75, 3.05) is 11.9 Å². The third-order valence-electron chi connectivity index (χ3n) is 3.41. The average molecular weight is 392 g/mol. The quantitative estimate of drug-likeness (QED) is 0.715. The molecule has 2 aromatic heterocycles. The Labute approximate surface area is 145 Å². The van der Waals surface area contributed by atoms with Gasteiger partial charge in [-0.05, 0) is 46.3 Å². The zero-order valence-corrected chi connectivity index (χ0v) is 14.7. The highest BCUT2D eigenvalue weighted by molar-refractivity contribution is 9.11. The number of hydrogen-bond donors (Lipinski definition) is 2. The predicted octanol–water partition coefficient (Wildman–Crippen LogP) is 3.37. The molecule has 0 bridgehead atoms. The lowest BCUT2D eigenvalue weighted by Crippen LogP contribution is -2.32. The van der Waals surface area contributed by atoms with Crippen molar-refractivity contribution in [3.8, 4) is 0 Å². The summed E-state index contributed by atoms with van der Waals surface area (Å²) in [5, 5.41) is 6.43. The maximum Gasteiger partial charge on any atom is 0.261 e. The van der Waals surface area contributed by atoms with E-state index in [2.05, 4.69) is 26.6 Å². The molecule has 23 heavy (non-hydrogen) atoms. The summed E-state index contributed by atoms with van der Waals surface area (Å²) in [5.74, 6) is -0.515. The van der Waals surface area contributed by atoms with Crippen LogP contribution in [0.4, 0.5) is 5.69 Å². The Morgan fingerprint density at radius 2 is 2.04 bits per heavy atom. The first-order valence-electron chi connectivity index (χ1n) is 6.92. The fraction of sp³-hybridized carbons (Fsp3) is 0.125. The maximum absolute atomic E-state index is 12.1. The van der Waals surface area contributed by atoms with Crippen LogP contribution in [0, 0.1) is 0 Å². The molecule has 0 saturated heterocycles. The number of thiophene rings is 1. The van der Waals surface area contributed by atoms with Gasteiger partial charge in [0, 0.05) is 24.1 Å². The Kier molecular flexibility index (Phi) is 4.49. The van der Waals surface area contributed by atoms with Crippen LogP contribution in [0.3, 0.4) is 0 Å². The van der Waals surface area contributed by atoms with Crippen LogP contribution in [0.1, 0.15) is 9.67 Å². The number of rotatable bonds is 4. The van der Waals surface area contributed by atoms with Crippen LogP contribution in [-0.2, 0) is 11.8 Å². The largest absolute Gasteiger partial charge is 0.350 e. The van der Waals surface area contributed by atoms with Crippen LogP contribution in [-0.4, -0.2) is 22.9 Å². The lowest BCUT2D eigenvalue weighted by atomic mass is 10.2. The molecule has 1 aromatic carbocycles. The Hall–Kier alpha value is -2.12. The van der Waals surface area contributed by atoms with Crippen molar-refractivity contribution >= 4 is 55.7 Å². The van der Waals surface area contributed by atoms with Gasteiger partial charge in [-0.1, -0.05) is 6.07 Å². The number of nitrogens with one attached hydrogen (secondary N) is 2. The second-order valence-electron chi connectivity index (χ2n) is 5.00. The molecule has 7 heteroatoms. The first kappa shape index (κ1) is 15.8. The molecule has 2 N–H and O–H groups in total. The summed E-state index contributed by atoms with van der Waals surface area (Å²) in [7, 11) is 1.95. The molecule has 0 saturated carbocycles. The Morgan fingerprint density at radius 3 is 2.78 bits per heavy atom. The fourth-order valence-electron chi connectivity index (χ4n) is 2.29. The van der Waals surface area contributed by atoms with E-state index in [4.69, 9.17) is 0 Å². The number of aryl methyl sites for hydroxylation is 1. The van der Waals surface area contributed by atoms with Gasteiger partial charge in [0.25, 0.3) is 5.91 Å². The van der Waals surface area contributed by atoms with Crippen molar-refractivity contribution in [3.05, 3.63) is 51.3 Å². The third-order valence-corrected chi connectivity index (χ3v) is 5.03. The number of carbonyl (C=O) groups is 2. The molecule has 0 atom stereocenters. The Balaban J connectivity index is 1.64. The molecule has 2 heterocycles. The number of nitrogens with zero attached hydrogens (tertiary/aromatic N) is 1. The normalized spacial score (nSPS) is 10.7. The number of aromatic nitrogens is 1. The van der Waals surface area contributed by atoms with Crippen molar-refractivity contribution in [2.24, 2.45) is 7.05 Å². The predicted molar refractivity (Wildman–Crippen MR) is 95.9 cm³/mol. The van der Waals surface area contributed by atoms with E-state index in [1.54, 1.807) is 12.1 Å². The van der Waals surface area contributed by atoms with E-state index in [-0.39, 0.29) is 18.4 Å². The molecular formula is C16H14BrN3O2S. The molecule has 0 unspecified atom stereocenters. The van der Waals surface area contributed by atoms with Crippen LogP contribution >= 0.6 is 27.3 Å². The highest BCUT2D eigenvalue weighted by atomic mass is 79.9. The summed E-state index contributed by atoms with van der Waals surface area (Å²) in [4.78, 5) is 24.6. The lowest BCUT2D eigenvalue weighted by molar-refractivity contribution is -0.115. The average Bonchev–Trinajstić information content (AvgIpc) is 3.12. The summed E-state index contributed by atoms with van der Waals surface area (Å²) in [5.41, 5.74) is 1.77. The second-order valence-corrected chi connectivity index (χ2v) is 7.46. The zero-order valence-electron chi connectivity index (χ0n) is 12.3. The number of amides is 2. The third kappa shape index (κ3) is 3.46. The van der Waals surface area contributed by atoms with Gasteiger partial charge in [0.2, 0.25) is 5.91 Å². The van der Waals surface area contributed by atoms with Crippen molar-refractivity contribution in [1.82, 2.24) is 9.88 Å². The van der Waals surface area contributed by atoms with Crippen molar-refractivity contribution < 1.29 is 9.59 Å². The first-order chi connectivity index (χ1) is 11.0. The molecule has 0 fully saturated rings. The summed E-state index contributed by atoms with van der Waals surface area (Å²) in [6.45, 7) is -0.0719. The van der Waals surface area contributed by atoms with Crippen LogP contribution < -0.4 is 10.6 Å². The number of hydrogen-bond acceptors (Lipinski definition) is 3. The summed E-state index contributed by atoms with van der Waals surface area (Å²) in [6.07, 6.45) is 1.94. The number of fused-ring (bicyclic) bond motifs is 1. The second kappa shape index (κ2) is 6.55. The highest BCUT2D eigenvalue weighted by Crippen LogP contribution is 2.24. The van der Waals surface area contributed by atoms with Crippen molar-refractivity contribution in [3.63, 3.8) is 0 Å². The van der Waals surface area contributed by atoms with Gasteiger partial charge in [-0.25, -0.2) is 0 Å². The van der Waals surface area contributed by atoms with E-state index in [0.29, 0.717) is 4.88 Å². The topological polar surface area (TPSA) is 63.1 Å². The van der Waals surface area contributed by atoms with Gasteiger partial charge >= 0.3 is 0 Å². The van der Waals surface area contributed by atoms with E-state index in [0.717, 1.165) is 20.4 Å². The number of carbonyl (C=O) groups excluding carboxylic acids is 2. The van der Waals surface area contributed by atoms with Gasteiger partial charge in [0.15, 0.2) is 0 Å². The summed E-state index contributed by atoms with van der Waals surface area (Å²) < 4.78 is 2.87. The molecule has 0 spiro atoms. The van der Waals surface area contributed by atoms with E-state index in [1.165, 1.54) is 11.3 Å². The van der Waals surface area contributed by atoms with Crippen LogP contribution in [0.2, 0.25) is 0 Å². The fourth-order valence-corrected chi connectivity index (χ4v) is 3.59. The van der Waals surface area contributed by atoms with Gasteiger partial charge in [0.05, 0.1) is 20.9 Å². The van der Waals surface area contributed by atoms with E-state index in [9.17, 15) is 9.59 Å². The zero-order chi connectivity index (χ0) is 16.4. The van der Waals surface area contributed by atoms with Gasteiger partial charge < -0.3 is 15.2 Å². The molecule has 0 radical (unpaired) electrons. The summed E-state index contributed by atoms with van der Waals surface area (Å²) in [6, 6.07) is 11.2. The molecular weight excluding hydrogens is 378 g/mol. The van der Waals surface area contributed by atoms with Crippen molar-refractivity contribution in [2.45, 2.75) is 0 Å². The summed E-state index contributed by atoms with van der Waals surface area (Å²) >= 11 is 4.63. The molecule has 0 aliphatic rings. The van der Waals surface area contributed by atoms with Crippen LogP contribution in [0.15, 0.2) is 46.4 Å². The van der Waals surface area contributed by atoms with Gasteiger partial charge in [0.1, 0.15) is 0 Å². The SMILES string of the molecule is Cn1ccc2c(NC(=O)CNC(=O)c3ccc(Br)s3)cccc21. The standard InChI is InChI=1S/C16H14BrN3O2S/c1-20-8-7-10-11(3-2-4-12(10)20)19-15(21)9-18-16(22)13-5-6-14(17)23-13/h2-8H,9H2,1H3,(H,18,22)(H,19,21). The van der Waals surface area contributed by atoms with E-state index in [1.807, 2.05) is 42.1 Å². The van der Waals surface area contributed by atoms with Crippen LogP contribution in [0.25, 0.3) is 10.9 Å². The minimum absolute atomic E-state index is 0.0719. The molecule has 2 amide bonds. The molecule has 3 rings (SSSR count). The minimum atomic E-state index is -0.259. The van der Waals surface area contributed by atoms with Gasteiger partial charge in [-0.15, -0.1) is 11.3 Å². The van der Waals surface area contributed by atoms with Crippen molar-refractivity contribution in [1.29, 1.82) is 0 Å². The molecule has 0 aliphatic carbocycles. The highest BCUT2D eigenvalue weighted by Gasteiger charge is 2.11. The smallest absolute Gasteiger partial charge is 0.261 e. The van der Waals surface area contributed by atoms with Gasteiger partial charge in [-0.3, -0.25) is 9.59 Å². The Morgan fingerprint density at radius 1 is 1.22 bits per heavy atom. The monoisotopic (exact) mass is 391 g/mol. The number of benzene rings is 1. The molecule has 3 aromatic rings. The maximum atomic E-state index is 12.1. The minimum Gasteiger partial charge on any atom is -0.350 e. The van der Waals surface area contributed by atoms with Crippen LogP contribution in [0.5, 0.6) is 0 Å². The Bertz CT molecular complexity index is 884.